The summed E-state index contributed by atoms with van der Waals surface area (Å²) in [4.78, 5) is 24.1. The van der Waals surface area contributed by atoms with Crippen molar-refractivity contribution in [1.29, 1.82) is 0 Å². The lowest BCUT2D eigenvalue weighted by molar-refractivity contribution is -0.117. The Morgan fingerprint density at radius 1 is 1.38 bits per heavy atom. The third-order valence-corrected chi connectivity index (χ3v) is 3.76. The molecule has 0 aliphatic heterocycles. The highest BCUT2D eigenvalue weighted by Gasteiger charge is 2.13. The number of rotatable bonds is 4. The number of hydrogen-bond acceptors (Lipinski definition) is 4. The fourth-order valence-corrected chi connectivity index (χ4v) is 2.39. The van der Waals surface area contributed by atoms with Gasteiger partial charge in [0.1, 0.15) is 11.5 Å². The SMILES string of the molecule is Cn1cccc1C(=O)NC(=O)CSc1ccc(N)c(F)c1. The molecular formula is C14H14FN3O2S. The zero-order valence-corrected chi connectivity index (χ0v) is 12.1. The molecule has 0 aliphatic rings. The molecule has 0 unspecified atom stereocenters. The van der Waals surface area contributed by atoms with Crippen LogP contribution in [0.3, 0.4) is 0 Å². The fourth-order valence-electron chi connectivity index (χ4n) is 1.67. The molecule has 0 aliphatic carbocycles. The monoisotopic (exact) mass is 307 g/mol. The van der Waals surface area contributed by atoms with Crippen LogP contribution in [0.1, 0.15) is 10.5 Å². The zero-order valence-electron chi connectivity index (χ0n) is 11.3. The molecular weight excluding hydrogens is 293 g/mol. The number of thioether (sulfide) groups is 1. The van der Waals surface area contributed by atoms with Crippen molar-refractivity contribution in [3.8, 4) is 0 Å². The van der Waals surface area contributed by atoms with Crippen LogP contribution in [0, 0.1) is 5.82 Å². The molecule has 0 saturated carbocycles. The number of nitrogens with one attached hydrogen (secondary N) is 1. The number of nitrogen functional groups attached to an aromatic ring is 1. The van der Waals surface area contributed by atoms with Gasteiger partial charge in [-0.25, -0.2) is 4.39 Å². The van der Waals surface area contributed by atoms with Crippen LogP contribution in [-0.4, -0.2) is 22.1 Å². The van der Waals surface area contributed by atoms with Gasteiger partial charge in [0.25, 0.3) is 5.91 Å². The summed E-state index contributed by atoms with van der Waals surface area (Å²) in [5.74, 6) is -1.42. The maximum absolute atomic E-state index is 13.2. The van der Waals surface area contributed by atoms with Gasteiger partial charge < -0.3 is 10.3 Å². The van der Waals surface area contributed by atoms with Crippen molar-refractivity contribution in [2.45, 2.75) is 4.90 Å². The maximum Gasteiger partial charge on any atom is 0.274 e. The first-order chi connectivity index (χ1) is 9.97. The van der Waals surface area contributed by atoms with Crippen LogP contribution in [-0.2, 0) is 11.8 Å². The average Bonchev–Trinajstić information content (AvgIpc) is 2.86. The molecule has 0 spiro atoms. The lowest BCUT2D eigenvalue weighted by Gasteiger charge is -2.06. The van der Waals surface area contributed by atoms with Gasteiger partial charge in [-0.15, -0.1) is 11.8 Å². The molecule has 7 heteroatoms. The summed E-state index contributed by atoms with van der Waals surface area (Å²) < 4.78 is 14.9. The molecule has 2 aromatic rings. The molecule has 0 bridgehead atoms. The Morgan fingerprint density at radius 2 is 2.14 bits per heavy atom. The fraction of sp³-hybridized carbons (Fsp3) is 0.143. The van der Waals surface area contributed by atoms with Gasteiger partial charge in [0, 0.05) is 18.1 Å². The van der Waals surface area contributed by atoms with Crippen molar-refractivity contribution in [2.24, 2.45) is 7.05 Å². The van der Waals surface area contributed by atoms with E-state index in [2.05, 4.69) is 5.32 Å². The van der Waals surface area contributed by atoms with Crippen molar-refractivity contribution < 1.29 is 14.0 Å². The quantitative estimate of drug-likeness (QED) is 0.667. The van der Waals surface area contributed by atoms with Crippen molar-refractivity contribution in [2.75, 3.05) is 11.5 Å². The van der Waals surface area contributed by atoms with E-state index in [0.29, 0.717) is 10.6 Å². The number of anilines is 1. The molecule has 0 radical (unpaired) electrons. The third kappa shape index (κ3) is 3.85. The van der Waals surface area contributed by atoms with E-state index in [4.69, 9.17) is 5.73 Å². The van der Waals surface area contributed by atoms with Crippen LogP contribution in [0.4, 0.5) is 10.1 Å². The highest BCUT2D eigenvalue weighted by Crippen LogP contribution is 2.21. The first-order valence-corrected chi connectivity index (χ1v) is 7.09. The van der Waals surface area contributed by atoms with Gasteiger partial charge in [0.2, 0.25) is 5.91 Å². The topological polar surface area (TPSA) is 77.1 Å². The zero-order chi connectivity index (χ0) is 15.4. The summed E-state index contributed by atoms with van der Waals surface area (Å²) in [5.41, 5.74) is 5.82. The Morgan fingerprint density at radius 3 is 2.76 bits per heavy atom. The number of aryl methyl sites for hydroxylation is 1. The summed E-state index contributed by atoms with van der Waals surface area (Å²) in [6.45, 7) is 0. The van der Waals surface area contributed by atoms with E-state index >= 15 is 0 Å². The number of halogens is 1. The van der Waals surface area contributed by atoms with Crippen LogP contribution < -0.4 is 11.1 Å². The summed E-state index contributed by atoms with van der Waals surface area (Å²) in [7, 11) is 1.71. The van der Waals surface area contributed by atoms with Crippen molar-refractivity contribution >= 4 is 29.3 Å². The predicted molar refractivity (Wildman–Crippen MR) is 79.4 cm³/mol. The molecule has 110 valence electrons. The molecule has 3 N–H and O–H groups in total. The second kappa shape index (κ2) is 6.45. The number of nitrogens with two attached hydrogens (primary N) is 1. The van der Waals surface area contributed by atoms with Crippen LogP contribution in [0.15, 0.2) is 41.4 Å². The van der Waals surface area contributed by atoms with Gasteiger partial charge in [-0.3, -0.25) is 14.9 Å². The summed E-state index contributed by atoms with van der Waals surface area (Å²) in [6, 6.07) is 7.64. The number of amides is 2. The first kappa shape index (κ1) is 15.1. The molecule has 1 aromatic heterocycles. The van der Waals surface area contributed by atoms with E-state index in [9.17, 15) is 14.0 Å². The van der Waals surface area contributed by atoms with Crippen LogP contribution >= 0.6 is 11.8 Å². The van der Waals surface area contributed by atoms with Crippen molar-refractivity contribution in [3.05, 3.63) is 48.0 Å². The van der Waals surface area contributed by atoms with Gasteiger partial charge in [0.15, 0.2) is 0 Å². The van der Waals surface area contributed by atoms with Crippen LogP contribution in [0.2, 0.25) is 0 Å². The minimum Gasteiger partial charge on any atom is -0.396 e. The van der Waals surface area contributed by atoms with Crippen molar-refractivity contribution in [3.63, 3.8) is 0 Å². The van der Waals surface area contributed by atoms with Crippen LogP contribution in [0.25, 0.3) is 0 Å². The number of imide groups is 1. The van der Waals surface area contributed by atoms with Gasteiger partial charge in [-0.1, -0.05) is 0 Å². The van der Waals surface area contributed by atoms with Gasteiger partial charge in [0.05, 0.1) is 11.4 Å². The van der Waals surface area contributed by atoms with E-state index in [1.807, 2.05) is 0 Å². The number of benzene rings is 1. The molecule has 1 aromatic carbocycles. The van der Waals surface area contributed by atoms with E-state index in [0.717, 1.165) is 11.8 Å². The highest BCUT2D eigenvalue weighted by atomic mass is 32.2. The third-order valence-electron chi connectivity index (χ3n) is 2.77. The largest absolute Gasteiger partial charge is 0.396 e. The van der Waals surface area contributed by atoms with Gasteiger partial charge >= 0.3 is 0 Å². The lowest BCUT2D eigenvalue weighted by Crippen LogP contribution is -2.32. The Labute approximate surface area is 125 Å². The van der Waals surface area contributed by atoms with Crippen molar-refractivity contribution in [1.82, 2.24) is 9.88 Å². The predicted octanol–water partition coefficient (Wildman–Crippen LogP) is 1.80. The molecule has 1 heterocycles. The first-order valence-electron chi connectivity index (χ1n) is 6.10. The number of carbonyl (C=O) groups excluding carboxylic acids is 2. The second-order valence-corrected chi connectivity index (χ2v) is 5.40. The van der Waals surface area contributed by atoms with E-state index in [-0.39, 0.29) is 11.4 Å². The Balaban J connectivity index is 1.89. The molecule has 0 fully saturated rings. The maximum atomic E-state index is 13.2. The smallest absolute Gasteiger partial charge is 0.274 e. The molecule has 0 saturated heterocycles. The van der Waals surface area contributed by atoms with Gasteiger partial charge in [-0.05, 0) is 30.3 Å². The molecule has 2 rings (SSSR count). The molecule has 5 nitrogen and oxygen atoms in total. The average molecular weight is 307 g/mol. The summed E-state index contributed by atoms with van der Waals surface area (Å²) in [6.07, 6.45) is 1.71. The summed E-state index contributed by atoms with van der Waals surface area (Å²) >= 11 is 1.13. The normalized spacial score (nSPS) is 10.4. The second-order valence-electron chi connectivity index (χ2n) is 4.35. The molecule has 21 heavy (non-hydrogen) atoms. The minimum absolute atomic E-state index is 0.0134. The minimum atomic E-state index is -0.528. The van der Waals surface area contributed by atoms with E-state index in [1.165, 1.54) is 12.1 Å². The Kier molecular flexibility index (Phi) is 4.64. The number of carbonyl (C=O) groups is 2. The molecule has 0 atom stereocenters. The Hall–Kier alpha value is -2.28. The number of nitrogens with zero attached hydrogens (tertiary/aromatic N) is 1. The number of hydrogen-bond donors (Lipinski definition) is 2. The molecule has 2 amide bonds. The Bertz CT molecular complexity index is 685. The highest BCUT2D eigenvalue weighted by molar-refractivity contribution is 8.00. The summed E-state index contributed by atoms with van der Waals surface area (Å²) in [5, 5.41) is 2.28. The van der Waals surface area contributed by atoms with Gasteiger partial charge in [-0.2, -0.15) is 0 Å². The lowest BCUT2D eigenvalue weighted by atomic mass is 10.3. The van der Waals surface area contributed by atoms with Crippen LogP contribution in [0.5, 0.6) is 0 Å². The van der Waals surface area contributed by atoms with E-state index in [1.54, 1.807) is 36.0 Å². The standard InChI is InChI=1S/C14H14FN3O2S/c1-18-6-2-3-12(18)14(20)17-13(19)8-21-9-4-5-11(16)10(15)7-9/h2-7H,8,16H2,1H3,(H,17,19,20). The van der Waals surface area contributed by atoms with E-state index < -0.39 is 17.6 Å². The number of aromatic nitrogens is 1.